The maximum Gasteiger partial charge on any atom is 0.322 e. The first kappa shape index (κ1) is 12.7. The molecule has 0 aliphatic rings. The average molecular weight is 199 g/mol. The minimum atomic E-state index is -1.01. The maximum atomic E-state index is 11.0. The van der Waals surface area contributed by atoms with Crippen molar-refractivity contribution < 1.29 is 14.7 Å². The third-order valence-corrected chi connectivity index (χ3v) is 1.61. The Balaban J connectivity index is 3.35. The monoisotopic (exact) mass is 199 g/mol. The van der Waals surface area contributed by atoms with Crippen LogP contribution in [0.25, 0.3) is 0 Å². The zero-order valence-corrected chi connectivity index (χ0v) is 8.45. The highest BCUT2D eigenvalue weighted by molar-refractivity contribution is 5.80. The van der Waals surface area contributed by atoms with Gasteiger partial charge in [-0.15, -0.1) is 0 Å². The Morgan fingerprint density at radius 1 is 1.36 bits per heavy atom. The highest BCUT2D eigenvalue weighted by atomic mass is 16.4. The van der Waals surface area contributed by atoms with Crippen LogP contribution in [-0.2, 0) is 9.59 Å². The van der Waals surface area contributed by atoms with Crippen LogP contribution in [0.3, 0.4) is 0 Å². The summed E-state index contributed by atoms with van der Waals surface area (Å²) in [6, 6.07) is 0. The molecule has 0 unspecified atom stereocenters. The van der Waals surface area contributed by atoms with E-state index in [4.69, 9.17) is 5.11 Å². The molecule has 0 aliphatic heterocycles. The molecule has 14 heavy (non-hydrogen) atoms. The molecular formula is C10H17NO3. The number of amides is 1. The maximum absolute atomic E-state index is 11.0. The van der Waals surface area contributed by atoms with Gasteiger partial charge < -0.3 is 10.4 Å². The largest absolute Gasteiger partial charge is 0.480 e. The molecule has 0 saturated heterocycles. The molecular weight excluding hydrogens is 182 g/mol. The number of hydrogen-bond acceptors (Lipinski definition) is 2. The van der Waals surface area contributed by atoms with Gasteiger partial charge >= 0.3 is 5.97 Å². The number of rotatable bonds is 7. The van der Waals surface area contributed by atoms with Crippen molar-refractivity contribution in [2.24, 2.45) is 0 Å². The van der Waals surface area contributed by atoms with Crippen molar-refractivity contribution in [2.45, 2.75) is 32.6 Å². The van der Waals surface area contributed by atoms with Gasteiger partial charge in [0.25, 0.3) is 0 Å². The second-order valence-electron chi connectivity index (χ2n) is 2.94. The summed E-state index contributed by atoms with van der Waals surface area (Å²) in [5, 5.41) is 10.6. The Morgan fingerprint density at radius 3 is 2.64 bits per heavy atom. The van der Waals surface area contributed by atoms with Gasteiger partial charge in [-0.25, -0.2) is 0 Å². The van der Waals surface area contributed by atoms with Gasteiger partial charge in [-0.05, 0) is 19.3 Å². The lowest BCUT2D eigenvalue weighted by atomic mass is 10.2. The van der Waals surface area contributed by atoms with Crippen LogP contribution < -0.4 is 5.32 Å². The number of carbonyl (C=O) groups is 2. The molecule has 0 aromatic heterocycles. The third-order valence-electron chi connectivity index (χ3n) is 1.61. The molecule has 0 spiro atoms. The molecule has 0 aromatic rings. The molecule has 0 saturated carbocycles. The first-order chi connectivity index (χ1) is 6.66. The summed E-state index contributed by atoms with van der Waals surface area (Å²) in [6.07, 6.45) is 7.11. The number of unbranched alkanes of at least 4 members (excludes halogenated alkanes) is 1. The number of carboxylic acids is 1. The molecule has 0 fully saturated rings. The summed E-state index contributed by atoms with van der Waals surface area (Å²) in [5.41, 5.74) is 0. The normalized spacial score (nSPS) is 10.4. The van der Waals surface area contributed by atoms with E-state index in [9.17, 15) is 9.59 Å². The van der Waals surface area contributed by atoms with Crippen molar-refractivity contribution in [3.63, 3.8) is 0 Å². The lowest BCUT2D eigenvalue weighted by molar-refractivity contribution is -0.137. The highest BCUT2D eigenvalue weighted by Gasteiger charge is 2.01. The van der Waals surface area contributed by atoms with E-state index in [1.54, 1.807) is 0 Å². The molecule has 0 heterocycles. The highest BCUT2D eigenvalue weighted by Crippen LogP contribution is 1.97. The van der Waals surface area contributed by atoms with Gasteiger partial charge in [0.1, 0.15) is 6.54 Å². The number of carbonyl (C=O) groups excluding carboxylic acids is 1. The Labute approximate surface area is 84.0 Å². The summed E-state index contributed by atoms with van der Waals surface area (Å²) in [4.78, 5) is 21.1. The van der Waals surface area contributed by atoms with Gasteiger partial charge in [-0.2, -0.15) is 0 Å². The number of hydrogen-bond donors (Lipinski definition) is 2. The SMILES string of the molecule is CC/C=C/CCCC(=O)NCC(=O)O. The van der Waals surface area contributed by atoms with E-state index in [-0.39, 0.29) is 12.5 Å². The molecule has 0 atom stereocenters. The van der Waals surface area contributed by atoms with E-state index in [2.05, 4.69) is 18.3 Å². The zero-order chi connectivity index (χ0) is 10.8. The van der Waals surface area contributed by atoms with Crippen molar-refractivity contribution in [2.75, 3.05) is 6.54 Å². The van der Waals surface area contributed by atoms with Gasteiger partial charge in [-0.3, -0.25) is 9.59 Å². The van der Waals surface area contributed by atoms with Gasteiger partial charge in [0, 0.05) is 6.42 Å². The quantitative estimate of drug-likeness (QED) is 0.480. The predicted octanol–water partition coefficient (Wildman–Crippen LogP) is 1.32. The van der Waals surface area contributed by atoms with Crippen molar-refractivity contribution in [1.29, 1.82) is 0 Å². The van der Waals surface area contributed by atoms with Crippen LogP contribution in [0.1, 0.15) is 32.6 Å². The third kappa shape index (κ3) is 8.77. The van der Waals surface area contributed by atoms with Crippen LogP contribution in [0.4, 0.5) is 0 Å². The summed E-state index contributed by atoms with van der Waals surface area (Å²) >= 11 is 0. The summed E-state index contributed by atoms with van der Waals surface area (Å²) in [6.45, 7) is 1.76. The minimum Gasteiger partial charge on any atom is -0.480 e. The van der Waals surface area contributed by atoms with E-state index < -0.39 is 5.97 Å². The first-order valence-corrected chi connectivity index (χ1v) is 4.80. The second kappa shape index (κ2) is 8.29. The van der Waals surface area contributed by atoms with Crippen LogP contribution in [-0.4, -0.2) is 23.5 Å². The Kier molecular flexibility index (Phi) is 7.50. The molecule has 1 amide bonds. The van der Waals surface area contributed by atoms with E-state index in [1.807, 2.05) is 6.08 Å². The summed E-state index contributed by atoms with van der Waals surface area (Å²) in [7, 11) is 0. The van der Waals surface area contributed by atoms with E-state index in [1.165, 1.54) is 0 Å². The topological polar surface area (TPSA) is 66.4 Å². The lowest BCUT2D eigenvalue weighted by Crippen LogP contribution is -2.28. The molecule has 80 valence electrons. The lowest BCUT2D eigenvalue weighted by Gasteiger charge is -2.00. The fraction of sp³-hybridized carbons (Fsp3) is 0.600. The zero-order valence-electron chi connectivity index (χ0n) is 8.45. The Morgan fingerprint density at radius 2 is 2.07 bits per heavy atom. The van der Waals surface area contributed by atoms with Crippen LogP contribution in [0.15, 0.2) is 12.2 Å². The second-order valence-corrected chi connectivity index (χ2v) is 2.94. The molecule has 4 nitrogen and oxygen atoms in total. The summed E-state index contributed by atoms with van der Waals surface area (Å²) < 4.78 is 0. The Hall–Kier alpha value is -1.32. The van der Waals surface area contributed by atoms with Crippen LogP contribution in [0.5, 0.6) is 0 Å². The smallest absolute Gasteiger partial charge is 0.322 e. The van der Waals surface area contributed by atoms with Crippen molar-refractivity contribution >= 4 is 11.9 Å². The fourth-order valence-corrected chi connectivity index (χ4v) is 0.928. The molecule has 0 bridgehead atoms. The molecule has 0 aliphatic carbocycles. The van der Waals surface area contributed by atoms with E-state index >= 15 is 0 Å². The van der Waals surface area contributed by atoms with E-state index in [0.717, 1.165) is 19.3 Å². The van der Waals surface area contributed by atoms with Crippen molar-refractivity contribution in [3.8, 4) is 0 Å². The van der Waals surface area contributed by atoms with Crippen LogP contribution >= 0.6 is 0 Å². The Bertz CT molecular complexity index is 211. The predicted molar refractivity (Wildman–Crippen MR) is 53.9 cm³/mol. The number of aliphatic carboxylic acids is 1. The van der Waals surface area contributed by atoms with E-state index in [0.29, 0.717) is 6.42 Å². The fourth-order valence-electron chi connectivity index (χ4n) is 0.928. The van der Waals surface area contributed by atoms with Crippen molar-refractivity contribution in [3.05, 3.63) is 12.2 Å². The first-order valence-electron chi connectivity index (χ1n) is 4.80. The molecule has 0 aromatic carbocycles. The molecule has 0 rings (SSSR count). The molecule has 4 heteroatoms. The van der Waals surface area contributed by atoms with Crippen LogP contribution in [0.2, 0.25) is 0 Å². The average Bonchev–Trinajstić information content (AvgIpc) is 2.14. The number of nitrogens with one attached hydrogen (secondary N) is 1. The summed E-state index contributed by atoms with van der Waals surface area (Å²) in [5.74, 6) is -1.21. The van der Waals surface area contributed by atoms with Gasteiger partial charge in [0.05, 0.1) is 0 Å². The standard InChI is InChI=1S/C10H17NO3/c1-2-3-4-5-6-7-9(12)11-8-10(13)14/h3-4H,2,5-8H2,1H3,(H,11,12)(H,13,14)/b4-3+. The van der Waals surface area contributed by atoms with Crippen LogP contribution in [0, 0.1) is 0 Å². The van der Waals surface area contributed by atoms with Crippen molar-refractivity contribution in [1.82, 2.24) is 5.32 Å². The minimum absolute atomic E-state index is 0.197. The molecule has 2 N–H and O–H groups in total. The van der Waals surface area contributed by atoms with Gasteiger partial charge in [0.15, 0.2) is 0 Å². The van der Waals surface area contributed by atoms with Gasteiger partial charge in [0.2, 0.25) is 5.91 Å². The van der Waals surface area contributed by atoms with Gasteiger partial charge in [-0.1, -0.05) is 19.1 Å². The molecule has 0 radical (unpaired) electrons. The number of allylic oxidation sites excluding steroid dienone is 2. The number of carboxylic acid groups (broad SMARTS) is 1.